The molecule has 1 saturated heterocycles. The molecule has 0 bridgehead atoms. The first-order valence-corrected chi connectivity index (χ1v) is 11.8. The van der Waals surface area contributed by atoms with E-state index in [1.807, 2.05) is 41.1 Å². The number of anilines is 1. The number of rotatable bonds is 7. The van der Waals surface area contributed by atoms with Gasteiger partial charge in [0.05, 0.1) is 25.4 Å². The van der Waals surface area contributed by atoms with Crippen molar-refractivity contribution in [2.75, 3.05) is 38.2 Å². The molecule has 0 aliphatic carbocycles. The Labute approximate surface area is 204 Å². The van der Waals surface area contributed by atoms with E-state index in [-0.39, 0.29) is 11.9 Å². The van der Waals surface area contributed by atoms with Crippen molar-refractivity contribution in [3.63, 3.8) is 0 Å². The van der Waals surface area contributed by atoms with Gasteiger partial charge in [-0.05, 0) is 52.7 Å². The number of hydrogen-bond donors (Lipinski definition) is 0. The van der Waals surface area contributed by atoms with E-state index in [0.29, 0.717) is 12.2 Å². The Balaban J connectivity index is 1.42. The second-order valence-electron chi connectivity index (χ2n) is 8.83. The first kappa shape index (κ1) is 23.0. The van der Waals surface area contributed by atoms with Crippen LogP contribution in [0.5, 0.6) is 5.75 Å². The van der Waals surface area contributed by atoms with E-state index in [4.69, 9.17) is 4.74 Å². The molecule has 1 aromatic heterocycles. The molecule has 1 aliphatic rings. The molecule has 0 unspecified atom stereocenters. The minimum atomic E-state index is -0.181. The smallest absolute Gasteiger partial charge is 0.173 e. The van der Waals surface area contributed by atoms with Crippen molar-refractivity contribution in [3.05, 3.63) is 101 Å². The van der Waals surface area contributed by atoms with Gasteiger partial charge in [-0.3, -0.25) is 4.90 Å². The van der Waals surface area contributed by atoms with Crippen LogP contribution in [-0.4, -0.2) is 58.4 Å². The number of para-hydroxylation sites is 1. The van der Waals surface area contributed by atoms with Gasteiger partial charge in [0.2, 0.25) is 0 Å². The molecular weight excluding hydrogens is 443 g/mol. The third-order valence-electron chi connectivity index (χ3n) is 6.56. The standard InChI is InChI=1S/C27H29FN6O/c1-20-7-11-22(12-8-20)26(33-17-15-32(16-18-33)25-6-4-3-5-24(25)28)27-29-30-31-34(27)19-21-9-13-23(35-2)14-10-21/h3-14,26H,15-19H2,1-2H3/t26-/m0/s1. The van der Waals surface area contributed by atoms with Gasteiger partial charge >= 0.3 is 0 Å². The Morgan fingerprint density at radius 2 is 1.63 bits per heavy atom. The lowest BCUT2D eigenvalue weighted by molar-refractivity contribution is 0.201. The summed E-state index contributed by atoms with van der Waals surface area (Å²) in [5, 5.41) is 12.8. The van der Waals surface area contributed by atoms with Crippen LogP contribution in [0.25, 0.3) is 0 Å². The van der Waals surface area contributed by atoms with E-state index in [9.17, 15) is 4.39 Å². The molecule has 7 nitrogen and oxygen atoms in total. The van der Waals surface area contributed by atoms with E-state index < -0.39 is 0 Å². The molecule has 8 heteroatoms. The number of aromatic nitrogens is 4. The van der Waals surface area contributed by atoms with E-state index in [1.165, 1.54) is 11.6 Å². The van der Waals surface area contributed by atoms with Crippen molar-refractivity contribution in [2.45, 2.75) is 19.5 Å². The molecule has 1 atom stereocenters. The zero-order valence-electron chi connectivity index (χ0n) is 20.0. The maximum absolute atomic E-state index is 14.4. The molecule has 0 amide bonds. The van der Waals surface area contributed by atoms with Gasteiger partial charge in [-0.1, -0.05) is 54.1 Å². The predicted molar refractivity (Wildman–Crippen MR) is 133 cm³/mol. The van der Waals surface area contributed by atoms with Crippen molar-refractivity contribution in [1.29, 1.82) is 0 Å². The molecule has 0 spiro atoms. The number of nitrogens with zero attached hydrogens (tertiary/aromatic N) is 6. The Bertz CT molecular complexity index is 1250. The molecule has 2 heterocycles. The summed E-state index contributed by atoms with van der Waals surface area (Å²) < 4.78 is 21.5. The lowest BCUT2D eigenvalue weighted by atomic mass is 10.0. The first-order valence-electron chi connectivity index (χ1n) is 11.8. The SMILES string of the molecule is COc1ccc(Cn2nnnc2[C@H](c2ccc(C)cc2)N2CCN(c3ccccc3F)CC2)cc1. The van der Waals surface area contributed by atoms with Gasteiger partial charge in [0.15, 0.2) is 5.82 Å². The Kier molecular flexibility index (Phi) is 6.72. The third kappa shape index (κ3) is 5.02. The first-order chi connectivity index (χ1) is 17.1. The summed E-state index contributed by atoms with van der Waals surface area (Å²) in [4.78, 5) is 4.50. The highest BCUT2D eigenvalue weighted by molar-refractivity contribution is 5.48. The van der Waals surface area contributed by atoms with Crippen molar-refractivity contribution in [1.82, 2.24) is 25.1 Å². The van der Waals surface area contributed by atoms with Gasteiger partial charge in [0, 0.05) is 26.2 Å². The maximum atomic E-state index is 14.4. The highest BCUT2D eigenvalue weighted by Gasteiger charge is 2.31. The van der Waals surface area contributed by atoms with Gasteiger partial charge in [-0.15, -0.1) is 5.10 Å². The largest absolute Gasteiger partial charge is 0.497 e. The summed E-state index contributed by atoms with van der Waals surface area (Å²) in [6.45, 7) is 5.63. The van der Waals surface area contributed by atoms with Crippen LogP contribution in [0.1, 0.15) is 28.6 Å². The van der Waals surface area contributed by atoms with Crippen LogP contribution in [0, 0.1) is 12.7 Å². The monoisotopic (exact) mass is 472 g/mol. The van der Waals surface area contributed by atoms with Crippen LogP contribution in [0.15, 0.2) is 72.8 Å². The number of ether oxygens (including phenoxy) is 1. The van der Waals surface area contributed by atoms with Crippen LogP contribution in [-0.2, 0) is 6.54 Å². The third-order valence-corrected chi connectivity index (χ3v) is 6.56. The predicted octanol–water partition coefficient (Wildman–Crippen LogP) is 4.09. The average molecular weight is 473 g/mol. The number of benzene rings is 3. The zero-order chi connectivity index (χ0) is 24.2. The van der Waals surface area contributed by atoms with Gasteiger partial charge in [0.1, 0.15) is 11.6 Å². The lowest BCUT2D eigenvalue weighted by Crippen LogP contribution is -2.48. The number of piperazine rings is 1. The summed E-state index contributed by atoms with van der Waals surface area (Å²) in [5.41, 5.74) is 4.09. The van der Waals surface area contributed by atoms with Gasteiger partial charge < -0.3 is 9.64 Å². The number of methoxy groups -OCH3 is 1. The topological polar surface area (TPSA) is 59.3 Å². The fourth-order valence-corrected chi connectivity index (χ4v) is 4.63. The molecule has 4 aromatic rings. The molecule has 0 N–H and O–H groups in total. The van der Waals surface area contributed by atoms with E-state index >= 15 is 0 Å². The van der Waals surface area contributed by atoms with Crippen molar-refractivity contribution in [2.24, 2.45) is 0 Å². The maximum Gasteiger partial charge on any atom is 0.173 e. The number of tetrazole rings is 1. The second-order valence-corrected chi connectivity index (χ2v) is 8.83. The van der Waals surface area contributed by atoms with Crippen molar-refractivity contribution >= 4 is 5.69 Å². The van der Waals surface area contributed by atoms with Crippen LogP contribution in [0.4, 0.5) is 10.1 Å². The van der Waals surface area contributed by atoms with E-state index in [1.54, 1.807) is 13.2 Å². The van der Waals surface area contributed by atoms with Crippen LogP contribution in [0.3, 0.4) is 0 Å². The van der Waals surface area contributed by atoms with Crippen molar-refractivity contribution in [3.8, 4) is 5.75 Å². The van der Waals surface area contributed by atoms with Gasteiger partial charge in [-0.2, -0.15) is 0 Å². The molecule has 1 fully saturated rings. The van der Waals surface area contributed by atoms with E-state index in [0.717, 1.165) is 48.9 Å². The van der Waals surface area contributed by atoms with Crippen molar-refractivity contribution < 1.29 is 9.13 Å². The lowest BCUT2D eigenvalue weighted by Gasteiger charge is -2.40. The Morgan fingerprint density at radius 3 is 2.31 bits per heavy atom. The van der Waals surface area contributed by atoms with Crippen LogP contribution < -0.4 is 9.64 Å². The fourth-order valence-electron chi connectivity index (χ4n) is 4.63. The molecular formula is C27H29FN6O. The zero-order valence-corrected chi connectivity index (χ0v) is 20.0. The van der Waals surface area contributed by atoms with Gasteiger partial charge in [0.25, 0.3) is 0 Å². The van der Waals surface area contributed by atoms with E-state index in [2.05, 4.69) is 56.5 Å². The highest BCUT2D eigenvalue weighted by atomic mass is 19.1. The van der Waals surface area contributed by atoms with Crippen LogP contribution >= 0.6 is 0 Å². The quantitative estimate of drug-likeness (QED) is 0.404. The summed E-state index contributed by atoms with van der Waals surface area (Å²) >= 11 is 0. The van der Waals surface area contributed by atoms with Crippen LogP contribution in [0.2, 0.25) is 0 Å². The highest BCUT2D eigenvalue weighted by Crippen LogP contribution is 2.30. The second kappa shape index (κ2) is 10.2. The molecule has 3 aromatic carbocycles. The van der Waals surface area contributed by atoms with Gasteiger partial charge in [-0.25, -0.2) is 9.07 Å². The minimum absolute atomic E-state index is 0.105. The Hall–Kier alpha value is -3.78. The summed E-state index contributed by atoms with van der Waals surface area (Å²) in [7, 11) is 1.66. The molecule has 35 heavy (non-hydrogen) atoms. The molecule has 1 aliphatic heterocycles. The summed E-state index contributed by atoms with van der Waals surface area (Å²) in [6, 6.07) is 23.3. The summed E-state index contributed by atoms with van der Waals surface area (Å²) in [6.07, 6.45) is 0. The summed E-state index contributed by atoms with van der Waals surface area (Å²) in [5.74, 6) is 1.43. The number of aryl methyl sites for hydroxylation is 1. The molecule has 180 valence electrons. The minimum Gasteiger partial charge on any atom is -0.497 e. The number of hydrogen-bond acceptors (Lipinski definition) is 6. The molecule has 0 radical (unpaired) electrons. The fraction of sp³-hybridized carbons (Fsp3) is 0.296. The molecule has 0 saturated carbocycles. The Morgan fingerprint density at radius 1 is 0.914 bits per heavy atom. The average Bonchev–Trinajstić information content (AvgIpc) is 3.34. The number of halogens is 1. The normalized spacial score (nSPS) is 15.2. The molecule has 5 rings (SSSR count).